The number of alkyl halides is 1. The van der Waals surface area contributed by atoms with Gasteiger partial charge in [0.2, 0.25) is 0 Å². The number of fused-ring (bicyclic) bond motifs is 1. The molecule has 1 saturated carbocycles. The summed E-state index contributed by atoms with van der Waals surface area (Å²) in [6, 6.07) is 1.87. The van der Waals surface area contributed by atoms with Crippen LogP contribution in [0.1, 0.15) is 50.2 Å². The average Bonchev–Trinajstić information content (AvgIpc) is 2.78. The Bertz CT molecular complexity index is 600. The molecule has 1 aliphatic rings. The van der Waals surface area contributed by atoms with Crippen molar-refractivity contribution in [2.75, 3.05) is 0 Å². The zero-order valence-corrected chi connectivity index (χ0v) is 13.2. The molecule has 108 valence electrons. The maximum Gasteiger partial charge on any atom is 0.160 e. The third-order valence-corrected chi connectivity index (χ3v) is 4.50. The van der Waals surface area contributed by atoms with E-state index >= 15 is 0 Å². The summed E-state index contributed by atoms with van der Waals surface area (Å²) in [4.78, 5) is 9.08. The Balaban J connectivity index is 1.99. The minimum absolute atomic E-state index is 0.119. The lowest BCUT2D eigenvalue weighted by Crippen LogP contribution is -2.16. The van der Waals surface area contributed by atoms with E-state index < -0.39 is 0 Å². The van der Waals surface area contributed by atoms with Gasteiger partial charge in [0.25, 0.3) is 0 Å². The molecule has 0 spiro atoms. The van der Waals surface area contributed by atoms with E-state index in [0.29, 0.717) is 10.9 Å². The van der Waals surface area contributed by atoms with Crippen LogP contribution in [0, 0.1) is 5.92 Å². The lowest BCUT2D eigenvalue weighted by molar-refractivity contribution is 0.318. The molecule has 0 aromatic carbocycles. The maximum absolute atomic E-state index is 6.29. The molecule has 0 amide bonds. The minimum Gasteiger partial charge on any atom is -0.311 e. The highest BCUT2D eigenvalue weighted by Gasteiger charge is 2.20. The molecule has 2 aromatic heterocycles. The van der Waals surface area contributed by atoms with Crippen molar-refractivity contribution >= 4 is 34.4 Å². The Morgan fingerprint density at radius 2 is 2.10 bits per heavy atom. The van der Waals surface area contributed by atoms with Gasteiger partial charge < -0.3 is 4.57 Å². The Morgan fingerprint density at radius 1 is 1.35 bits per heavy atom. The molecule has 20 heavy (non-hydrogen) atoms. The molecule has 0 aliphatic heterocycles. The van der Waals surface area contributed by atoms with Crippen molar-refractivity contribution in [2.45, 2.75) is 50.9 Å². The fourth-order valence-electron chi connectivity index (χ4n) is 3.12. The molecule has 1 atom stereocenters. The second-order valence-corrected chi connectivity index (χ2v) is 6.79. The van der Waals surface area contributed by atoms with Crippen LogP contribution in [0.2, 0.25) is 5.02 Å². The number of rotatable bonds is 3. The lowest BCUT2D eigenvalue weighted by atomic mass is 9.89. The fraction of sp³-hybridized carbons (Fsp3) is 0.600. The van der Waals surface area contributed by atoms with Crippen LogP contribution in [-0.2, 0) is 6.54 Å². The Hall–Kier alpha value is -0.800. The van der Waals surface area contributed by atoms with Gasteiger partial charge in [0.05, 0.1) is 10.4 Å². The number of aromatic nitrogens is 3. The highest BCUT2D eigenvalue weighted by atomic mass is 35.5. The smallest absolute Gasteiger partial charge is 0.160 e. The van der Waals surface area contributed by atoms with E-state index in [9.17, 15) is 0 Å². The molecule has 3 nitrogen and oxygen atoms in total. The summed E-state index contributed by atoms with van der Waals surface area (Å²) in [6.07, 6.45) is 8.32. The van der Waals surface area contributed by atoms with E-state index in [-0.39, 0.29) is 5.38 Å². The first-order valence-corrected chi connectivity index (χ1v) is 8.12. The number of imidazole rings is 1. The predicted molar refractivity (Wildman–Crippen MR) is 83.4 cm³/mol. The summed E-state index contributed by atoms with van der Waals surface area (Å²) in [5.41, 5.74) is 1.75. The minimum atomic E-state index is -0.119. The molecular weight excluding hydrogens is 293 g/mol. The number of nitrogens with zero attached hydrogens (tertiary/aromatic N) is 3. The molecule has 0 N–H and O–H groups in total. The summed E-state index contributed by atoms with van der Waals surface area (Å²) in [7, 11) is 0. The van der Waals surface area contributed by atoms with Gasteiger partial charge in [-0.05, 0) is 31.7 Å². The predicted octanol–water partition coefficient (Wildman–Crippen LogP) is 4.96. The molecule has 0 bridgehead atoms. The Labute approximate surface area is 129 Å². The van der Waals surface area contributed by atoms with Crippen molar-refractivity contribution in [3.05, 3.63) is 23.1 Å². The van der Waals surface area contributed by atoms with Crippen molar-refractivity contribution in [2.24, 2.45) is 5.92 Å². The highest BCUT2D eigenvalue weighted by Crippen LogP contribution is 2.30. The van der Waals surface area contributed by atoms with Crippen LogP contribution < -0.4 is 0 Å². The second-order valence-electron chi connectivity index (χ2n) is 5.70. The molecule has 2 aromatic rings. The third-order valence-electron chi connectivity index (χ3n) is 4.10. The van der Waals surface area contributed by atoms with Gasteiger partial charge in [-0.15, -0.1) is 11.6 Å². The van der Waals surface area contributed by atoms with Crippen LogP contribution in [0.3, 0.4) is 0 Å². The van der Waals surface area contributed by atoms with Gasteiger partial charge >= 0.3 is 0 Å². The molecule has 1 aliphatic carbocycles. The zero-order chi connectivity index (χ0) is 14.1. The summed E-state index contributed by atoms with van der Waals surface area (Å²) in [5.74, 6) is 1.62. The summed E-state index contributed by atoms with van der Waals surface area (Å²) < 4.78 is 2.19. The van der Waals surface area contributed by atoms with Gasteiger partial charge in [-0.3, -0.25) is 0 Å². The molecule has 3 rings (SSSR count). The van der Waals surface area contributed by atoms with Crippen LogP contribution in [0.25, 0.3) is 11.2 Å². The van der Waals surface area contributed by atoms with Gasteiger partial charge in [-0.2, -0.15) is 0 Å². The van der Waals surface area contributed by atoms with Gasteiger partial charge in [0.1, 0.15) is 11.3 Å². The van der Waals surface area contributed by atoms with Crippen LogP contribution in [0.5, 0.6) is 0 Å². The largest absolute Gasteiger partial charge is 0.311 e. The highest BCUT2D eigenvalue weighted by molar-refractivity contribution is 6.31. The Kier molecular flexibility index (Phi) is 4.18. The van der Waals surface area contributed by atoms with Crippen LogP contribution in [0.15, 0.2) is 12.3 Å². The van der Waals surface area contributed by atoms with Gasteiger partial charge in [0, 0.05) is 12.7 Å². The van der Waals surface area contributed by atoms with Crippen molar-refractivity contribution < 1.29 is 0 Å². The first kappa shape index (κ1) is 14.2. The monoisotopic (exact) mass is 311 g/mol. The van der Waals surface area contributed by atoms with Crippen LogP contribution >= 0.6 is 23.2 Å². The number of hydrogen-bond acceptors (Lipinski definition) is 2. The van der Waals surface area contributed by atoms with Gasteiger partial charge in [0.15, 0.2) is 5.65 Å². The third kappa shape index (κ3) is 2.79. The van der Waals surface area contributed by atoms with E-state index in [0.717, 1.165) is 23.5 Å². The average molecular weight is 312 g/mol. The SMILES string of the molecule is CC(Cl)c1nc2cc(Cl)cnc2n1CC1CCCCC1. The van der Waals surface area contributed by atoms with Crippen molar-refractivity contribution in [1.82, 2.24) is 14.5 Å². The van der Waals surface area contributed by atoms with Crippen molar-refractivity contribution in [3.63, 3.8) is 0 Å². The van der Waals surface area contributed by atoms with E-state index in [1.807, 2.05) is 13.0 Å². The number of pyridine rings is 1. The molecule has 5 heteroatoms. The van der Waals surface area contributed by atoms with Gasteiger partial charge in [-0.1, -0.05) is 30.9 Å². The number of hydrogen-bond donors (Lipinski definition) is 0. The van der Waals surface area contributed by atoms with Crippen molar-refractivity contribution in [3.8, 4) is 0 Å². The maximum atomic E-state index is 6.29. The van der Waals surface area contributed by atoms with E-state index in [1.54, 1.807) is 6.20 Å². The standard InChI is InChI=1S/C15H19Cl2N3/c1-10(16)14-19-13-7-12(17)8-18-15(13)20(14)9-11-5-3-2-4-6-11/h7-8,10-11H,2-6,9H2,1H3. The first-order valence-electron chi connectivity index (χ1n) is 7.31. The van der Waals surface area contributed by atoms with Crippen molar-refractivity contribution in [1.29, 1.82) is 0 Å². The zero-order valence-electron chi connectivity index (χ0n) is 11.6. The fourth-order valence-corrected chi connectivity index (χ4v) is 3.43. The lowest BCUT2D eigenvalue weighted by Gasteiger charge is -2.23. The molecule has 0 radical (unpaired) electrons. The normalized spacial score (nSPS) is 18.6. The molecule has 2 heterocycles. The quantitative estimate of drug-likeness (QED) is 0.750. The number of halogens is 2. The molecular formula is C15H19Cl2N3. The second kappa shape index (κ2) is 5.90. The topological polar surface area (TPSA) is 30.7 Å². The summed E-state index contributed by atoms with van der Waals surface area (Å²) in [6.45, 7) is 2.93. The van der Waals surface area contributed by atoms with E-state index in [2.05, 4.69) is 14.5 Å². The Morgan fingerprint density at radius 3 is 2.80 bits per heavy atom. The first-order chi connectivity index (χ1) is 9.65. The van der Waals surface area contributed by atoms with Crippen LogP contribution in [-0.4, -0.2) is 14.5 Å². The molecule has 1 fully saturated rings. The van der Waals surface area contributed by atoms with E-state index in [1.165, 1.54) is 32.1 Å². The van der Waals surface area contributed by atoms with Crippen LogP contribution in [0.4, 0.5) is 0 Å². The van der Waals surface area contributed by atoms with E-state index in [4.69, 9.17) is 23.2 Å². The summed E-state index contributed by atoms with van der Waals surface area (Å²) in [5, 5.41) is 0.500. The van der Waals surface area contributed by atoms with Gasteiger partial charge in [-0.25, -0.2) is 9.97 Å². The molecule has 0 saturated heterocycles. The molecule has 1 unspecified atom stereocenters. The summed E-state index contributed by atoms with van der Waals surface area (Å²) >= 11 is 12.3.